The van der Waals surface area contributed by atoms with Crippen LogP contribution in [-0.2, 0) is 0 Å². The van der Waals surface area contributed by atoms with E-state index in [9.17, 15) is 9.18 Å². The number of hydrogen-bond donors (Lipinski definition) is 3. The molecule has 1 amide bonds. The van der Waals surface area contributed by atoms with E-state index in [-0.39, 0.29) is 18.6 Å². The first-order valence-electron chi connectivity index (χ1n) is 13.2. The van der Waals surface area contributed by atoms with Crippen LogP contribution in [0.5, 0.6) is 5.75 Å². The molecule has 2 fully saturated rings. The van der Waals surface area contributed by atoms with Crippen LogP contribution in [0.25, 0.3) is 0 Å². The number of pyridine rings is 2. The van der Waals surface area contributed by atoms with Gasteiger partial charge in [0.25, 0.3) is 5.91 Å². The van der Waals surface area contributed by atoms with E-state index >= 15 is 0 Å². The van der Waals surface area contributed by atoms with E-state index in [4.69, 9.17) is 9.72 Å². The van der Waals surface area contributed by atoms with Gasteiger partial charge in [-0.3, -0.25) is 4.79 Å². The topological polar surface area (TPSA) is 91.4 Å². The Morgan fingerprint density at radius 1 is 1.34 bits per heavy atom. The Labute approximate surface area is 229 Å². The number of hydrogen-bond acceptors (Lipinski definition) is 8. The van der Waals surface area contributed by atoms with Gasteiger partial charge < -0.3 is 25.0 Å². The van der Waals surface area contributed by atoms with Crippen molar-refractivity contribution in [2.24, 2.45) is 17.8 Å². The lowest BCUT2D eigenvalue weighted by Gasteiger charge is -2.21. The standard InChI is InChI=1S/C28H37FN6O2S/c1-19-13-22(19)16-32-26-14-21(15-27(34-26)35(2)38-3)28(36)33-23(10-12-30-11-4-5-20-6-7-20)18-37-24-8-9-25(29)31-17-24/h8-9,14-15,17,19-20,22-23,30H,6-7,10-13,16,18H2,1-3H3,(H,32,34)(H,33,36)/t19-,22+,23+/m0/s1. The zero-order chi connectivity index (χ0) is 26.9. The first-order valence-corrected chi connectivity index (χ1v) is 14.4. The highest BCUT2D eigenvalue weighted by atomic mass is 32.2. The number of nitrogens with zero attached hydrogens (tertiary/aromatic N) is 3. The minimum Gasteiger partial charge on any atom is -0.490 e. The van der Waals surface area contributed by atoms with Crippen molar-refractivity contribution in [2.45, 2.75) is 38.6 Å². The fourth-order valence-corrected chi connectivity index (χ4v) is 4.15. The molecule has 2 saturated carbocycles. The van der Waals surface area contributed by atoms with Crippen LogP contribution < -0.4 is 25.0 Å². The minimum atomic E-state index is -0.567. The summed E-state index contributed by atoms with van der Waals surface area (Å²) in [5.41, 5.74) is 0.527. The molecule has 2 heterocycles. The van der Waals surface area contributed by atoms with Gasteiger partial charge in [-0.25, -0.2) is 9.97 Å². The highest BCUT2D eigenvalue weighted by molar-refractivity contribution is 7.99. The SMILES string of the molecule is CSN(C)c1cc(C(=O)N[C@H](CCNCC#CC2CC2)COc2ccc(F)nc2)cc(NC[C@H]2C[C@@H]2C)n1. The number of aromatic nitrogens is 2. The number of halogens is 1. The second-order valence-electron chi connectivity index (χ2n) is 9.99. The molecule has 3 atom stereocenters. The monoisotopic (exact) mass is 540 g/mol. The number of amides is 1. The number of nitrogens with one attached hydrogen (secondary N) is 3. The van der Waals surface area contributed by atoms with Crippen LogP contribution in [0.15, 0.2) is 30.5 Å². The molecule has 2 aliphatic carbocycles. The van der Waals surface area contributed by atoms with Gasteiger partial charge in [0.15, 0.2) is 0 Å². The van der Waals surface area contributed by atoms with Crippen LogP contribution in [0.4, 0.5) is 16.0 Å². The average Bonchev–Trinajstić information content (AvgIpc) is 3.86. The maximum Gasteiger partial charge on any atom is 0.251 e. The summed E-state index contributed by atoms with van der Waals surface area (Å²) < 4.78 is 20.9. The zero-order valence-corrected chi connectivity index (χ0v) is 23.1. The Morgan fingerprint density at radius 3 is 2.84 bits per heavy atom. The van der Waals surface area contributed by atoms with Gasteiger partial charge in [-0.2, -0.15) is 4.39 Å². The molecule has 0 spiro atoms. The van der Waals surface area contributed by atoms with E-state index in [1.165, 1.54) is 49.5 Å². The molecule has 0 aliphatic heterocycles. The largest absolute Gasteiger partial charge is 0.490 e. The normalized spacial score (nSPS) is 18.6. The molecule has 0 radical (unpaired) electrons. The third-order valence-electron chi connectivity index (χ3n) is 6.75. The molecule has 4 rings (SSSR count). The van der Waals surface area contributed by atoms with Crippen molar-refractivity contribution in [3.05, 3.63) is 42.0 Å². The number of carbonyl (C=O) groups is 1. The van der Waals surface area contributed by atoms with Crippen molar-refractivity contribution in [1.82, 2.24) is 20.6 Å². The van der Waals surface area contributed by atoms with Crippen LogP contribution in [0.3, 0.4) is 0 Å². The number of rotatable bonds is 14. The predicted octanol–water partition coefficient (Wildman–Crippen LogP) is 3.97. The molecule has 10 heteroatoms. The van der Waals surface area contributed by atoms with Gasteiger partial charge in [-0.05, 0) is 68.3 Å². The average molecular weight is 541 g/mol. The summed E-state index contributed by atoms with van der Waals surface area (Å²) >= 11 is 1.53. The van der Waals surface area contributed by atoms with Crippen molar-refractivity contribution in [3.8, 4) is 17.6 Å². The summed E-state index contributed by atoms with van der Waals surface area (Å²) in [6.45, 7) is 4.60. The van der Waals surface area contributed by atoms with Crippen LogP contribution in [-0.4, -0.2) is 61.5 Å². The molecule has 0 unspecified atom stereocenters. The van der Waals surface area contributed by atoms with Crippen LogP contribution in [0, 0.1) is 35.5 Å². The zero-order valence-electron chi connectivity index (χ0n) is 22.3. The number of carbonyl (C=O) groups excluding carboxylic acids is 1. The van der Waals surface area contributed by atoms with E-state index in [0.717, 1.165) is 12.5 Å². The summed E-state index contributed by atoms with van der Waals surface area (Å²) in [4.78, 5) is 21.7. The molecule has 2 aromatic rings. The second-order valence-corrected chi connectivity index (χ2v) is 10.9. The lowest BCUT2D eigenvalue weighted by Crippen LogP contribution is -2.41. The van der Waals surface area contributed by atoms with Gasteiger partial charge in [-0.15, -0.1) is 0 Å². The molecule has 2 aromatic heterocycles. The van der Waals surface area contributed by atoms with E-state index in [0.29, 0.717) is 54.3 Å². The molecule has 3 N–H and O–H groups in total. The quantitative estimate of drug-likeness (QED) is 0.144. The Bertz CT molecular complexity index is 1130. The van der Waals surface area contributed by atoms with Gasteiger partial charge in [0.1, 0.15) is 24.0 Å². The lowest BCUT2D eigenvalue weighted by molar-refractivity contribution is 0.0918. The fraction of sp³-hybridized carbons (Fsp3) is 0.536. The number of anilines is 2. The van der Waals surface area contributed by atoms with Crippen LogP contribution in [0.1, 0.15) is 43.0 Å². The van der Waals surface area contributed by atoms with Gasteiger partial charge in [0, 0.05) is 31.3 Å². The third kappa shape index (κ3) is 9.07. The summed E-state index contributed by atoms with van der Waals surface area (Å²) in [6.07, 6.45) is 7.57. The van der Waals surface area contributed by atoms with Crippen LogP contribution in [0.2, 0.25) is 0 Å². The second kappa shape index (κ2) is 13.7. The first-order chi connectivity index (χ1) is 18.4. The number of ether oxygens (including phenoxy) is 1. The summed E-state index contributed by atoms with van der Waals surface area (Å²) in [6, 6.07) is 6.09. The van der Waals surface area contributed by atoms with Crippen molar-refractivity contribution in [1.29, 1.82) is 0 Å². The molecular formula is C28H37FN6O2S. The molecule has 8 nitrogen and oxygen atoms in total. The van der Waals surface area contributed by atoms with Crippen molar-refractivity contribution in [2.75, 3.05) is 49.2 Å². The van der Waals surface area contributed by atoms with Crippen LogP contribution >= 0.6 is 11.9 Å². The van der Waals surface area contributed by atoms with E-state index in [2.05, 4.69) is 39.7 Å². The van der Waals surface area contributed by atoms with E-state index in [1.54, 1.807) is 12.1 Å². The van der Waals surface area contributed by atoms with Gasteiger partial charge >= 0.3 is 0 Å². The Hall–Kier alpha value is -3.03. The van der Waals surface area contributed by atoms with Gasteiger partial charge in [0.05, 0.1) is 18.8 Å². The van der Waals surface area contributed by atoms with Gasteiger partial charge in [-0.1, -0.05) is 30.7 Å². The Balaban J connectivity index is 1.40. The van der Waals surface area contributed by atoms with Crippen molar-refractivity contribution >= 4 is 29.5 Å². The van der Waals surface area contributed by atoms with E-state index < -0.39 is 5.95 Å². The molecule has 0 saturated heterocycles. The first kappa shape index (κ1) is 28.0. The van der Waals surface area contributed by atoms with Gasteiger partial charge in [0.2, 0.25) is 5.95 Å². The summed E-state index contributed by atoms with van der Waals surface area (Å²) in [5, 5.41) is 9.85. The molecule has 0 bridgehead atoms. The highest BCUT2D eigenvalue weighted by Crippen LogP contribution is 2.37. The molecule has 0 aromatic carbocycles. The fourth-order valence-electron chi connectivity index (χ4n) is 3.87. The van der Waals surface area contributed by atoms with Crippen molar-refractivity contribution in [3.63, 3.8) is 0 Å². The Morgan fingerprint density at radius 2 is 2.16 bits per heavy atom. The maximum atomic E-state index is 13.4. The van der Waals surface area contributed by atoms with Crippen molar-refractivity contribution < 1.29 is 13.9 Å². The maximum absolute atomic E-state index is 13.4. The molecule has 38 heavy (non-hydrogen) atoms. The molecular weight excluding hydrogens is 503 g/mol. The third-order valence-corrected chi connectivity index (χ3v) is 7.48. The summed E-state index contributed by atoms with van der Waals surface area (Å²) in [5.74, 6) is 9.42. The van der Waals surface area contributed by atoms with E-state index in [1.807, 2.05) is 17.6 Å². The lowest BCUT2D eigenvalue weighted by atomic mass is 10.1. The smallest absolute Gasteiger partial charge is 0.251 e. The summed E-state index contributed by atoms with van der Waals surface area (Å²) in [7, 11) is 1.92. The molecule has 204 valence electrons. The minimum absolute atomic E-state index is 0.203. The highest BCUT2D eigenvalue weighted by Gasteiger charge is 2.32. The molecule has 2 aliphatic rings. The Kier molecular flexibility index (Phi) is 10.1. The predicted molar refractivity (Wildman–Crippen MR) is 151 cm³/mol.